The first-order valence-electron chi connectivity index (χ1n) is 8.84. The molecule has 11 nitrogen and oxygen atoms in total. The molecule has 2 aliphatic rings. The Bertz CT molecular complexity index is 703. The molecule has 0 radical (unpaired) electrons. The highest BCUT2D eigenvalue weighted by molar-refractivity contribution is 5.70. The summed E-state index contributed by atoms with van der Waals surface area (Å²) in [5.74, 6) is -1.14. The van der Waals surface area contributed by atoms with Gasteiger partial charge in [-0.25, -0.2) is 9.69 Å². The maximum Gasteiger partial charge on any atom is 0.360 e. The minimum absolute atomic E-state index is 0.0331. The molecule has 3 rings (SSSR count). The Morgan fingerprint density at radius 1 is 1.14 bits per heavy atom. The van der Waals surface area contributed by atoms with Gasteiger partial charge in [0.05, 0.1) is 12.6 Å². The van der Waals surface area contributed by atoms with Crippen molar-refractivity contribution in [2.75, 3.05) is 13.2 Å². The summed E-state index contributed by atoms with van der Waals surface area (Å²) >= 11 is 0. The van der Waals surface area contributed by atoms with Crippen molar-refractivity contribution in [3.63, 3.8) is 0 Å². The summed E-state index contributed by atoms with van der Waals surface area (Å²) in [7, 11) is 0. The summed E-state index contributed by atoms with van der Waals surface area (Å²) in [5, 5.41) is 61.1. The number of aliphatic hydroxyl groups excluding tert-OH is 5. The van der Waals surface area contributed by atoms with E-state index in [0.717, 1.165) is 0 Å². The van der Waals surface area contributed by atoms with Crippen LogP contribution in [0.5, 0.6) is 5.75 Å². The topological polar surface area (TPSA) is 172 Å². The van der Waals surface area contributed by atoms with Crippen LogP contribution in [0.2, 0.25) is 0 Å². The molecule has 156 valence electrons. The molecule has 0 aromatic heterocycles. The first kappa shape index (κ1) is 20.9. The number of hydrogen-bond donors (Lipinski definition) is 7. The van der Waals surface area contributed by atoms with Crippen LogP contribution in [0.3, 0.4) is 0 Å². The number of ether oxygens (including phenoxy) is 2. The largest absolute Gasteiger partial charge is 0.491 e. The van der Waals surface area contributed by atoms with Crippen molar-refractivity contribution in [1.82, 2.24) is 10.2 Å². The number of hydrogen-bond acceptors (Lipinski definition) is 10. The molecule has 0 bridgehead atoms. The molecule has 6 unspecified atom stereocenters. The molecule has 1 fully saturated rings. The van der Waals surface area contributed by atoms with Gasteiger partial charge in [0.2, 0.25) is 0 Å². The van der Waals surface area contributed by atoms with Crippen LogP contribution in [0.25, 0.3) is 0 Å². The minimum Gasteiger partial charge on any atom is -0.491 e. The van der Waals surface area contributed by atoms with Crippen molar-refractivity contribution in [3.05, 3.63) is 29.3 Å². The fourth-order valence-electron chi connectivity index (χ4n) is 3.50. The monoisotopic (exact) mass is 400 g/mol. The predicted octanol–water partition coefficient (Wildman–Crippen LogP) is -1.83. The number of aliphatic hydroxyl groups is 5. The van der Waals surface area contributed by atoms with Crippen molar-refractivity contribution < 1.29 is 44.9 Å². The van der Waals surface area contributed by atoms with Crippen molar-refractivity contribution in [2.45, 2.75) is 50.1 Å². The molecule has 0 saturated carbocycles. The van der Waals surface area contributed by atoms with Gasteiger partial charge in [0, 0.05) is 11.1 Å². The van der Waals surface area contributed by atoms with E-state index in [1.54, 1.807) is 12.1 Å². The number of carbonyl (C=O) groups is 1. The van der Waals surface area contributed by atoms with Crippen LogP contribution >= 0.6 is 0 Å². The zero-order valence-corrected chi connectivity index (χ0v) is 14.9. The van der Waals surface area contributed by atoms with Crippen molar-refractivity contribution in [3.8, 4) is 5.75 Å². The maximum absolute atomic E-state index is 10.7. The van der Waals surface area contributed by atoms with Gasteiger partial charge in [-0.3, -0.25) is 5.32 Å². The Labute approximate surface area is 160 Å². The summed E-state index contributed by atoms with van der Waals surface area (Å²) < 4.78 is 10.1. The molecule has 0 spiro atoms. The average Bonchev–Trinajstić information content (AvgIpc) is 2.89. The molecule has 28 heavy (non-hydrogen) atoms. The van der Waals surface area contributed by atoms with Gasteiger partial charge in [-0.2, -0.15) is 0 Å². The van der Waals surface area contributed by atoms with E-state index in [0.29, 0.717) is 29.7 Å². The molecule has 6 atom stereocenters. The normalized spacial score (nSPS) is 31.4. The zero-order valence-electron chi connectivity index (χ0n) is 14.9. The minimum atomic E-state index is -1.93. The first-order valence-corrected chi connectivity index (χ1v) is 8.84. The smallest absolute Gasteiger partial charge is 0.360 e. The Hall–Kier alpha value is -1.83. The van der Waals surface area contributed by atoms with E-state index < -0.39 is 43.2 Å². The van der Waals surface area contributed by atoms with Crippen LogP contribution in [0.15, 0.2) is 18.2 Å². The van der Waals surface area contributed by atoms with Gasteiger partial charge in [0.25, 0.3) is 6.29 Å². The SMILES string of the molecule is O=C(O)C(O)OCCOc1ccc2c(c1)C(O)N(C1CCC(O)NC1O)C2O. The van der Waals surface area contributed by atoms with Crippen LogP contribution in [-0.2, 0) is 9.53 Å². The van der Waals surface area contributed by atoms with E-state index in [2.05, 4.69) is 10.1 Å². The molecule has 1 saturated heterocycles. The number of nitrogens with zero attached hydrogens (tertiary/aromatic N) is 1. The molecule has 11 heteroatoms. The molecule has 2 heterocycles. The molecule has 2 aliphatic heterocycles. The second-order valence-corrected chi connectivity index (χ2v) is 6.67. The first-order chi connectivity index (χ1) is 13.3. The highest BCUT2D eigenvalue weighted by atomic mass is 16.6. The number of benzene rings is 1. The van der Waals surface area contributed by atoms with Crippen LogP contribution in [0.1, 0.15) is 36.4 Å². The predicted molar refractivity (Wildman–Crippen MR) is 91.5 cm³/mol. The summed E-state index contributed by atoms with van der Waals surface area (Å²) in [6.45, 7) is -0.196. The fourth-order valence-corrected chi connectivity index (χ4v) is 3.50. The number of fused-ring (bicyclic) bond motifs is 1. The van der Waals surface area contributed by atoms with E-state index in [4.69, 9.17) is 14.9 Å². The lowest BCUT2D eigenvalue weighted by Gasteiger charge is -2.40. The Morgan fingerprint density at radius 3 is 2.54 bits per heavy atom. The summed E-state index contributed by atoms with van der Waals surface area (Å²) in [6.07, 6.45) is -5.46. The number of aliphatic carboxylic acids is 1. The average molecular weight is 400 g/mol. The highest BCUT2D eigenvalue weighted by Crippen LogP contribution is 2.43. The lowest BCUT2D eigenvalue weighted by Crippen LogP contribution is -2.57. The number of carboxylic acid groups (broad SMARTS) is 1. The van der Waals surface area contributed by atoms with E-state index in [-0.39, 0.29) is 13.2 Å². The van der Waals surface area contributed by atoms with Crippen molar-refractivity contribution in [2.24, 2.45) is 0 Å². The van der Waals surface area contributed by atoms with E-state index in [1.807, 2.05) is 0 Å². The third kappa shape index (κ3) is 4.26. The van der Waals surface area contributed by atoms with Crippen LogP contribution in [0.4, 0.5) is 0 Å². The fraction of sp³-hybridized carbons (Fsp3) is 0.588. The highest BCUT2D eigenvalue weighted by Gasteiger charge is 2.44. The number of piperidine rings is 1. The number of rotatable bonds is 7. The van der Waals surface area contributed by atoms with Crippen LogP contribution < -0.4 is 10.1 Å². The van der Waals surface area contributed by atoms with E-state index in [1.165, 1.54) is 11.0 Å². The van der Waals surface area contributed by atoms with Gasteiger partial charge in [0.1, 0.15) is 37.3 Å². The lowest BCUT2D eigenvalue weighted by molar-refractivity contribution is -0.177. The van der Waals surface area contributed by atoms with E-state index in [9.17, 15) is 25.2 Å². The molecule has 1 aromatic carbocycles. The lowest BCUT2D eigenvalue weighted by atomic mass is 10.0. The number of nitrogens with one attached hydrogen (secondary N) is 1. The summed E-state index contributed by atoms with van der Waals surface area (Å²) in [6, 6.07) is 4.10. The van der Waals surface area contributed by atoms with Gasteiger partial charge in [-0.05, 0) is 25.0 Å². The van der Waals surface area contributed by atoms with Crippen molar-refractivity contribution >= 4 is 5.97 Å². The van der Waals surface area contributed by atoms with Crippen LogP contribution in [-0.4, -0.2) is 79.5 Å². The van der Waals surface area contributed by atoms with Gasteiger partial charge in [-0.15, -0.1) is 0 Å². The van der Waals surface area contributed by atoms with E-state index >= 15 is 0 Å². The van der Waals surface area contributed by atoms with Gasteiger partial charge >= 0.3 is 5.97 Å². The summed E-state index contributed by atoms with van der Waals surface area (Å²) in [4.78, 5) is 11.8. The number of carboxylic acids is 1. The van der Waals surface area contributed by atoms with Gasteiger partial charge in [0.15, 0.2) is 0 Å². The third-order valence-electron chi connectivity index (χ3n) is 4.86. The second kappa shape index (κ2) is 8.68. The Morgan fingerprint density at radius 2 is 1.86 bits per heavy atom. The zero-order chi connectivity index (χ0) is 20.4. The Balaban J connectivity index is 1.64. The third-order valence-corrected chi connectivity index (χ3v) is 4.86. The van der Waals surface area contributed by atoms with Gasteiger partial charge < -0.3 is 40.1 Å². The second-order valence-electron chi connectivity index (χ2n) is 6.67. The quantitative estimate of drug-likeness (QED) is 0.203. The van der Waals surface area contributed by atoms with Crippen LogP contribution in [0, 0.1) is 0 Å². The molecule has 7 N–H and O–H groups in total. The van der Waals surface area contributed by atoms with Crippen molar-refractivity contribution in [1.29, 1.82) is 0 Å². The Kier molecular flexibility index (Phi) is 6.47. The molecule has 0 amide bonds. The maximum atomic E-state index is 10.7. The molecule has 0 aliphatic carbocycles. The standard InChI is InChI=1S/C17H24N2O9/c20-12-4-3-11(13(21)18-12)19-14(22)9-2-1-8(7-10(9)15(19)23)27-5-6-28-17(26)16(24)25/h1-2,7,11-15,17-18,20-23,26H,3-6H2,(H,24,25). The molecule has 1 aromatic rings. The van der Waals surface area contributed by atoms with Gasteiger partial charge in [-0.1, -0.05) is 6.07 Å². The molecular formula is C17H24N2O9. The summed E-state index contributed by atoms with van der Waals surface area (Å²) in [5.41, 5.74) is 0.880. The molecular weight excluding hydrogens is 376 g/mol.